The van der Waals surface area contributed by atoms with Gasteiger partial charge in [-0.1, -0.05) is 19.4 Å². The van der Waals surface area contributed by atoms with Crippen molar-refractivity contribution >= 4 is 0 Å². The highest BCUT2D eigenvalue weighted by molar-refractivity contribution is 4.87. The fourth-order valence-electron chi connectivity index (χ4n) is 1.92. The zero-order valence-corrected chi connectivity index (χ0v) is 7.47. The number of hydrogen-bond donors (Lipinski definition) is 1. The van der Waals surface area contributed by atoms with Crippen molar-refractivity contribution in [1.29, 1.82) is 0 Å². The van der Waals surface area contributed by atoms with E-state index in [4.69, 9.17) is 0 Å². The maximum Gasteiger partial charge on any atom is 0.00725 e. The highest BCUT2D eigenvalue weighted by Gasteiger charge is 2.18. The van der Waals surface area contributed by atoms with Crippen molar-refractivity contribution in [3.05, 3.63) is 12.7 Å². The second-order valence-electron chi connectivity index (χ2n) is 3.42. The van der Waals surface area contributed by atoms with Crippen LogP contribution in [0.25, 0.3) is 0 Å². The summed E-state index contributed by atoms with van der Waals surface area (Å²) in [6, 6.07) is 0.761. The Kier molecular flexibility index (Phi) is 3.64. The Bertz CT molecular complexity index is 118. The summed E-state index contributed by atoms with van der Waals surface area (Å²) in [5, 5.41) is 3.50. The topological polar surface area (TPSA) is 12.0 Å². The first-order chi connectivity index (χ1) is 5.36. The molecule has 0 aromatic rings. The molecule has 0 aromatic heterocycles. The highest BCUT2D eigenvalue weighted by atomic mass is 14.9. The molecule has 11 heavy (non-hydrogen) atoms. The summed E-state index contributed by atoms with van der Waals surface area (Å²) < 4.78 is 0. The van der Waals surface area contributed by atoms with Crippen LogP contribution < -0.4 is 5.32 Å². The van der Waals surface area contributed by atoms with E-state index in [2.05, 4.69) is 24.9 Å². The second kappa shape index (κ2) is 4.55. The first-order valence-corrected chi connectivity index (χ1v) is 4.72. The molecule has 1 aliphatic rings. The molecule has 2 atom stereocenters. The quantitative estimate of drug-likeness (QED) is 0.614. The van der Waals surface area contributed by atoms with Gasteiger partial charge in [0.2, 0.25) is 0 Å². The van der Waals surface area contributed by atoms with Crippen molar-refractivity contribution in [2.75, 3.05) is 6.54 Å². The summed E-state index contributed by atoms with van der Waals surface area (Å²) in [6.07, 6.45) is 7.50. The predicted molar refractivity (Wildman–Crippen MR) is 49.6 cm³/mol. The minimum Gasteiger partial charge on any atom is -0.314 e. The van der Waals surface area contributed by atoms with Crippen LogP contribution in [0.2, 0.25) is 0 Å². The fourth-order valence-corrected chi connectivity index (χ4v) is 1.92. The summed E-state index contributed by atoms with van der Waals surface area (Å²) >= 11 is 0. The number of hydrogen-bond acceptors (Lipinski definition) is 1. The van der Waals surface area contributed by atoms with E-state index in [0.717, 1.165) is 18.5 Å². The van der Waals surface area contributed by atoms with Crippen molar-refractivity contribution in [2.45, 2.75) is 38.6 Å². The first-order valence-electron chi connectivity index (χ1n) is 4.72. The summed E-state index contributed by atoms with van der Waals surface area (Å²) in [6.45, 7) is 7.13. The zero-order valence-electron chi connectivity index (χ0n) is 7.47. The van der Waals surface area contributed by atoms with E-state index >= 15 is 0 Å². The molecule has 1 heteroatoms. The Labute approximate surface area is 69.9 Å². The van der Waals surface area contributed by atoms with Crippen LogP contribution in [0.5, 0.6) is 0 Å². The van der Waals surface area contributed by atoms with Gasteiger partial charge in [-0.2, -0.15) is 0 Å². The van der Waals surface area contributed by atoms with Crippen LogP contribution >= 0.6 is 0 Å². The van der Waals surface area contributed by atoms with Gasteiger partial charge in [-0.05, 0) is 31.7 Å². The van der Waals surface area contributed by atoms with Crippen LogP contribution in [-0.2, 0) is 0 Å². The minimum atomic E-state index is 0.761. The van der Waals surface area contributed by atoms with Gasteiger partial charge in [-0.15, -0.1) is 6.58 Å². The number of allylic oxidation sites excluding steroid dienone is 1. The van der Waals surface area contributed by atoms with Gasteiger partial charge >= 0.3 is 0 Å². The van der Waals surface area contributed by atoms with Gasteiger partial charge in [-0.3, -0.25) is 0 Å². The fraction of sp³-hybridized carbons (Fsp3) is 0.800. The van der Waals surface area contributed by atoms with E-state index < -0.39 is 0 Å². The Balaban J connectivity index is 2.27. The molecule has 2 unspecified atom stereocenters. The average molecular weight is 153 g/mol. The molecule has 0 heterocycles. The lowest BCUT2D eigenvalue weighted by atomic mass is 9.86. The lowest BCUT2D eigenvalue weighted by molar-refractivity contribution is 0.328. The third kappa shape index (κ3) is 2.66. The monoisotopic (exact) mass is 153 g/mol. The standard InChI is InChI=1S/C10H19N/c1-3-9-6-5-7-10(8-9)11-4-2/h3,9-11H,1,4-8H2,2H3. The van der Waals surface area contributed by atoms with Crippen LogP contribution in [0.4, 0.5) is 0 Å². The van der Waals surface area contributed by atoms with E-state index in [1.807, 2.05) is 0 Å². The van der Waals surface area contributed by atoms with Crippen molar-refractivity contribution in [3.8, 4) is 0 Å². The lowest BCUT2D eigenvalue weighted by Gasteiger charge is -2.27. The van der Waals surface area contributed by atoms with E-state index in [1.54, 1.807) is 0 Å². The molecule has 64 valence electrons. The van der Waals surface area contributed by atoms with Crippen molar-refractivity contribution in [2.24, 2.45) is 5.92 Å². The van der Waals surface area contributed by atoms with Gasteiger partial charge in [0.15, 0.2) is 0 Å². The van der Waals surface area contributed by atoms with Crippen LogP contribution in [0.3, 0.4) is 0 Å². The van der Waals surface area contributed by atoms with Gasteiger partial charge in [-0.25, -0.2) is 0 Å². The predicted octanol–water partition coefficient (Wildman–Crippen LogP) is 2.34. The van der Waals surface area contributed by atoms with Gasteiger partial charge in [0.05, 0.1) is 0 Å². The maximum atomic E-state index is 3.85. The molecule has 1 N–H and O–H groups in total. The minimum absolute atomic E-state index is 0.761. The molecule has 1 nitrogen and oxygen atoms in total. The molecule has 0 saturated heterocycles. The van der Waals surface area contributed by atoms with Crippen LogP contribution in [0, 0.1) is 5.92 Å². The molecule has 0 bridgehead atoms. The molecule has 0 aromatic carbocycles. The Morgan fingerprint density at radius 2 is 2.36 bits per heavy atom. The molecule has 1 fully saturated rings. The van der Waals surface area contributed by atoms with Crippen LogP contribution in [0.1, 0.15) is 32.6 Å². The lowest BCUT2D eigenvalue weighted by Crippen LogP contribution is -2.33. The van der Waals surface area contributed by atoms with Crippen molar-refractivity contribution in [3.63, 3.8) is 0 Å². The Morgan fingerprint density at radius 3 is 3.00 bits per heavy atom. The van der Waals surface area contributed by atoms with Crippen molar-refractivity contribution in [1.82, 2.24) is 5.32 Å². The second-order valence-corrected chi connectivity index (χ2v) is 3.42. The molecule has 1 saturated carbocycles. The normalized spacial score (nSPS) is 31.7. The molecule has 0 aliphatic heterocycles. The summed E-state index contributed by atoms with van der Waals surface area (Å²) in [7, 11) is 0. The largest absolute Gasteiger partial charge is 0.314 e. The summed E-state index contributed by atoms with van der Waals surface area (Å²) in [4.78, 5) is 0. The van der Waals surface area contributed by atoms with Crippen LogP contribution in [0.15, 0.2) is 12.7 Å². The summed E-state index contributed by atoms with van der Waals surface area (Å²) in [5.41, 5.74) is 0. The first kappa shape index (κ1) is 8.79. The molecular formula is C10H19N. The highest BCUT2D eigenvalue weighted by Crippen LogP contribution is 2.24. The van der Waals surface area contributed by atoms with Gasteiger partial charge in [0.25, 0.3) is 0 Å². The Hall–Kier alpha value is -0.300. The number of nitrogens with one attached hydrogen (secondary N) is 1. The average Bonchev–Trinajstić information content (AvgIpc) is 2.06. The molecular weight excluding hydrogens is 134 g/mol. The van der Waals surface area contributed by atoms with E-state index in [0.29, 0.717) is 0 Å². The number of rotatable bonds is 3. The smallest absolute Gasteiger partial charge is 0.00725 e. The van der Waals surface area contributed by atoms with Gasteiger partial charge in [0.1, 0.15) is 0 Å². The Morgan fingerprint density at radius 1 is 1.55 bits per heavy atom. The van der Waals surface area contributed by atoms with Gasteiger partial charge in [0, 0.05) is 6.04 Å². The zero-order chi connectivity index (χ0) is 8.10. The molecule has 1 rings (SSSR count). The molecule has 0 amide bonds. The molecule has 1 aliphatic carbocycles. The third-order valence-electron chi connectivity index (χ3n) is 2.54. The maximum absolute atomic E-state index is 3.85. The van der Waals surface area contributed by atoms with E-state index in [-0.39, 0.29) is 0 Å². The van der Waals surface area contributed by atoms with Gasteiger partial charge < -0.3 is 5.32 Å². The summed E-state index contributed by atoms with van der Waals surface area (Å²) in [5.74, 6) is 0.771. The van der Waals surface area contributed by atoms with E-state index in [1.165, 1.54) is 25.7 Å². The molecule has 0 radical (unpaired) electrons. The molecule has 0 spiro atoms. The third-order valence-corrected chi connectivity index (χ3v) is 2.54. The van der Waals surface area contributed by atoms with Crippen molar-refractivity contribution < 1.29 is 0 Å². The van der Waals surface area contributed by atoms with E-state index in [9.17, 15) is 0 Å². The SMILES string of the molecule is C=CC1CCCC(NCC)C1. The van der Waals surface area contributed by atoms with Crippen LogP contribution in [-0.4, -0.2) is 12.6 Å².